The highest BCUT2D eigenvalue weighted by Gasteiger charge is 2.42. The van der Waals surface area contributed by atoms with E-state index in [-0.39, 0.29) is 5.75 Å². The summed E-state index contributed by atoms with van der Waals surface area (Å²) in [5, 5.41) is 0. The predicted molar refractivity (Wildman–Crippen MR) is 72.3 cm³/mol. The highest BCUT2D eigenvalue weighted by molar-refractivity contribution is 9.12. The van der Waals surface area contributed by atoms with E-state index in [9.17, 15) is 13.2 Å². The van der Waals surface area contributed by atoms with E-state index in [0.29, 0.717) is 5.56 Å². The molecular formula is C12H15BrO3S. The van der Waals surface area contributed by atoms with Crippen LogP contribution in [0.1, 0.15) is 29.8 Å². The molecule has 0 unspecified atom stereocenters. The Morgan fingerprint density at radius 2 is 2.00 bits per heavy atom. The van der Waals surface area contributed by atoms with E-state index in [1.54, 1.807) is 18.2 Å². The van der Waals surface area contributed by atoms with Gasteiger partial charge in [0.1, 0.15) is 0 Å². The average molecular weight is 319 g/mol. The van der Waals surface area contributed by atoms with E-state index in [1.807, 2.05) is 13.0 Å². The zero-order chi connectivity index (χ0) is 13.3. The normalized spacial score (nSPS) is 15.3. The second kappa shape index (κ2) is 4.90. The Morgan fingerprint density at radius 1 is 1.41 bits per heavy atom. The van der Waals surface area contributed by atoms with Gasteiger partial charge in [0.05, 0.1) is 0 Å². The summed E-state index contributed by atoms with van der Waals surface area (Å²) in [6.07, 6.45) is 0. The molecule has 1 rings (SSSR count). The van der Waals surface area contributed by atoms with Gasteiger partial charge in [0, 0.05) is 11.3 Å². The fourth-order valence-corrected chi connectivity index (χ4v) is 3.31. The maximum Gasteiger partial charge on any atom is 0.194 e. The molecule has 5 heteroatoms. The molecule has 17 heavy (non-hydrogen) atoms. The van der Waals surface area contributed by atoms with Crippen LogP contribution >= 0.6 is 15.9 Å². The minimum atomic E-state index is -3.49. The van der Waals surface area contributed by atoms with Crippen LogP contribution in [0.25, 0.3) is 0 Å². The third-order valence-electron chi connectivity index (χ3n) is 2.65. The van der Waals surface area contributed by atoms with Gasteiger partial charge in [-0.25, -0.2) is 8.42 Å². The van der Waals surface area contributed by atoms with Crippen LogP contribution in [0.5, 0.6) is 0 Å². The number of hydrogen-bond donors (Lipinski definition) is 0. The zero-order valence-corrected chi connectivity index (χ0v) is 12.4. The van der Waals surface area contributed by atoms with Crippen LogP contribution < -0.4 is 0 Å². The number of rotatable bonds is 4. The molecule has 0 spiro atoms. The molecule has 1 aromatic carbocycles. The number of halogens is 1. The van der Waals surface area contributed by atoms with Crippen LogP contribution in [-0.2, 0) is 9.84 Å². The Labute approximate surface area is 110 Å². The third-order valence-corrected chi connectivity index (χ3v) is 6.60. The molecule has 0 fully saturated rings. The summed E-state index contributed by atoms with van der Waals surface area (Å²) in [7, 11) is -3.49. The number of Topliss-reactive ketones (excluding diaryl/α,β-unsaturated/α-hetero) is 1. The summed E-state index contributed by atoms with van der Waals surface area (Å²) >= 11 is 3.05. The number of hydrogen-bond acceptors (Lipinski definition) is 3. The van der Waals surface area contributed by atoms with E-state index < -0.39 is 19.3 Å². The van der Waals surface area contributed by atoms with Crippen molar-refractivity contribution in [2.45, 2.75) is 24.4 Å². The highest BCUT2D eigenvalue weighted by atomic mass is 79.9. The van der Waals surface area contributed by atoms with Crippen molar-refractivity contribution in [1.29, 1.82) is 0 Å². The Hall–Kier alpha value is -0.680. The summed E-state index contributed by atoms with van der Waals surface area (Å²) in [5.74, 6) is -0.505. The van der Waals surface area contributed by atoms with Crippen molar-refractivity contribution < 1.29 is 13.2 Å². The molecule has 0 radical (unpaired) electrons. The maximum absolute atomic E-state index is 12.2. The van der Waals surface area contributed by atoms with Crippen LogP contribution in [0.2, 0.25) is 0 Å². The van der Waals surface area contributed by atoms with E-state index in [2.05, 4.69) is 15.9 Å². The molecule has 3 nitrogen and oxygen atoms in total. The van der Waals surface area contributed by atoms with Crippen LogP contribution in [0.15, 0.2) is 24.3 Å². The first-order valence-corrected chi connectivity index (χ1v) is 7.69. The SMILES string of the molecule is CCS(=O)(=O)[C@](C)(Br)C(=O)c1cccc(C)c1. The van der Waals surface area contributed by atoms with Gasteiger partial charge in [0.15, 0.2) is 19.3 Å². The van der Waals surface area contributed by atoms with Gasteiger partial charge in [-0.2, -0.15) is 0 Å². The standard InChI is InChI=1S/C12H15BrO3S/c1-4-17(15,16)12(3,13)11(14)10-7-5-6-9(2)8-10/h5-8H,4H2,1-3H3/t12-/m0/s1. The minimum absolute atomic E-state index is 0.0771. The van der Waals surface area contributed by atoms with Gasteiger partial charge in [-0.1, -0.05) is 46.6 Å². The van der Waals surface area contributed by atoms with Crippen LogP contribution in [0.4, 0.5) is 0 Å². The average Bonchev–Trinajstić information content (AvgIpc) is 2.27. The largest absolute Gasteiger partial charge is 0.291 e. The van der Waals surface area contributed by atoms with Gasteiger partial charge >= 0.3 is 0 Å². The molecule has 0 heterocycles. The van der Waals surface area contributed by atoms with Crippen molar-refractivity contribution in [2.75, 3.05) is 5.75 Å². The van der Waals surface area contributed by atoms with Crippen LogP contribution in [0.3, 0.4) is 0 Å². The Bertz CT molecular complexity index is 532. The molecule has 0 aromatic heterocycles. The molecular weight excluding hydrogens is 304 g/mol. The van der Waals surface area contributed by atoms with Crippen molar-refractivity contribution in [3.05, 3.63) is 35.4 Å². The molecule has 0 aliphatic carbocycles. The summed E-state index contributed by atoms with van der Waals surface area (Å²) in [6, 6.07) is 6.91. The summed E-state index contributed by atoms with van der Waals surface area (Å²) in [6.45, 7) is 4.77. The second-order valence-electron chi connectivity index (χ2n) is 4.02. The molecule has 0 aliphatic heterocycles. The Balaban J connectivity index is 3.23. The van der Waals surface area contributed by atoms with E-state index in [0.717, 1.165) is 5.56 Å². The van der Waals surface area contributed by atoms with Gasteiger partial charge in [0.25, 0.3) is 0 Å². The van der Waals surface area contributed by atoms with Gasteiger partial charge in [-0.05, 0) is 19.9 Å². The monoisotopic (exact) mass is 318 g/mol. The molecule has 0 saturated carbocycles. The maximum atomic E-state index is 12.2. The molecule has 0 aliphatic rings. The lowest BCUT2D eigenvalue weighted by Crippen LogP contribution is -2.38. The first kappa shape index (κ1) is 14.4. The highest BCUT2D eigenvalue weighted by Crippen LogP contribution is 2.30. The van der Waals surface area contributed by atoms with Gasteiger partial charge < -0.3 is 0 Å². The molecule has 0 saturated heterocycles. The fourth-order valence-electron chi connectivity index (χ4n) is 1.46. The van der Waals surface area contributed by atoms with Crippen molar-refractivity contribution in [3.63, 3.8) is 0 Å². The summed E-state index contributed by atoms with van der Waals surface area (Å²) in [5.41, 5.74) is 1.33. The summed E-state index contributed by atoms with van der Waals surface area (Å²) in [4.78, 5) is 12.2. The van der Waals surface area contributed by atoms with E-state index in [1.165, 1.54) is 13.8 Å². The van der Waals surface area contributed by atoms with Crippen LogP contribution in [-0.4, -0.2) is 23.6 Å². The number of ketones is 1. The first-order valence-electron chi connectivity index (χ1n) is 5.25. The van der Waals surface area contributed by atoms with Gasteiger partial charge in [0.2, 0.25) is 0 Å². The number of carbonyl (C=O) groups is 1. The second-order valence-corrected chi connectivity index (χ2v) is 8.75. The summed E-state index contributed by atoms with van der Waals surface area (Å²) < 4.78 is 22.2. The van der Waals surface area contributed by atoms with Gasteiger partial charge in [-0.15, -0.1) is 0 Å². The van der Waals surface area contributed by atoms with E-state index in [4.69, 9.17) is 0 Å². The van der Waals surface area contributed by atoms with Crippen molar-refractivity contribution in [1.82, 2.24) is 0 Å². The minimum Gasteiger partial charge on any atom is -0.291 e. The molecule has 0 amide bonds. The number of carbonyl (C=O) groups excluding carboxylic acids is 1. The molecule has 1 atom stereocenters. The number of aryl methyl sites for hydroxylation is 1. The number of alkyl halides is 1. The number of sulfone groups is 1. The lowest BCUT2D eigenvalue weighted by atomic mass is 10.1. The molecule has 1 aromatic rings. The third kappa shape index (κ3) is 2.77. The topological polar surface area (TPSA) is 51.2 Å². The molecule has 0 N–H and O–H groups in total. The Morgan fingerprint density at radius 3 is 2.47 bits per heavy atom. The molecule has 0 bridgehead atoms. The smallest absolute Gasteiger partial charge is 0.194 e. The van der Waals surface area contributed by atoms with Gasteiger partial charge in [-0.3, -0.25) is 4.79 Å². The van der Waals surface area contributed by atoms with Crippen molar-refractivity contribution >= 4 is 31.6 Å². The van der Waals surface area contributed by atoms with Crippen LogP contribution in [0, 0.1) is 6.92 Å². The first-order chi connectivity index (χ1) is 7.72. The Kier molecular flexibility index (Phi) is 4.15. The lowest BCUT2D eigenvalue weighted by molar-refractivity contribution is 0.0983. The van der Waals surface area contributed by atoms with Crippen molar-refractivity contribution in [3.8, 4) is 0 Å². The quantitative estimate of drug-likeness (QED) is 0.633. The lowest BCUT2D eigenvalue weighted by Gasteiger charge is -2.20. The zero-order valence-electron chi connectivity index (χ0n) is 10.0. The van der Waals surface area contributed by atoms with Crippen molar-refractivity contribution in [2.24, 2.45) is 0 Å². The fraction of sp³-hybridized carbons (Fsp3) is 0.417. The molecule has 94 valence electrons. The predicted octanol–water partition coefficient (Wildman–Crippen LogP) is 2.72. The van der Waals surface area contributed by atoms with E-state index >= 15 is 0 Å². The number of benzene rings is 1.